The van der Waals surface area contributed by atoms with Crippen LogP contribution < -0.4 is 0 Å². The van der Waals surface area contributed by atoms with Crippen molar-refractivity contribution in [2.75, 3.05) is 7.05 Å². The van der Waals surface area contributed by atoms with Gasteiger partial charge >= 0.3 is 0 Å². The molecule has 0 radical (unpaired) electrons. The smallest absolute Gasteiger partial charge is 0.0250 e. The van der Waals surface area contributed by atoms with E-state index in [1.165, 1.54) is 12.0 Å². The van der Waals surface area contributed by atoms with Crippen molar-refractivity contribution in [3.05, 3.63) is 23.9 Å². The molecule has 0 aliphatic heterocycles. The van der Waals surface area contributed by atoms with Gasteiger partial charge in [-0.05, 0) is 32.8 Å². The second kappa shape index (κ2) is 5.02. The molecule has 0 aliphatic carbocycles. The minimum atomic E-state index is 0.610. The Bertz CT molecular complexity index is 179. The third-order valence-electron chi connectivity index (χ3n) is 2.36. The molecular weight excluding hydrogens is 146 g/mol. The van der Waals surface area contributed by atoms with E-state index in [9.17, 15) is 0 Å². The van der Waals surface area contributed by atoms with E-state index in [1.54, 1.807) is 0 Å². The number of hydrogen-bond donors (Lipinski definition) is 0. The van der Waals surface area contributed by atoms with Gasteiger partial charge in [-0.3, -0.25) is 0 Å². The van der Waals surface area contributed by atoms with Crippen molar-refractivity contribution >= 4 is 0 Å². The average Bonchev–Trinajstić information content (AvgIpc) is 2.02. The number of hydrogen-bond acceptors (Lipinski definition) is 1. The van der Waals surface area contributed by atoms with Crippen molar-refractivity contribution < 1.29 is 0 Å². The predicted octanol–water partition coefficient (Wildman–Crippen LogP) is 3.20. The van der Waals surface area contributed by atoms with Crippen LogP contribution in [0.1, 0.15) is 34.1 Å². The van der Waals surface area contributed by atoms with Gasteiger partial charge in [0.15, 0.2) is 0 Å². The van der Waals surface area contributed by atoms with E-state index in [0.29, 0.717) is 6.04 Å². The standard InChI is InChI=1S/C11H21N/c1-7-11(5)12(6)8-10(4)9(2)3/h8,11H,2,7H2,1,3-6H3/b10-8-. The van der Waals surface area contributed by atoms with Gasteiger partial charge in [0.05, 0.1) is 0 Å². The highest BCUT2D eigenvalue weighted by Crippen LogP contribution is 2.09. The first-order valence-electron chi connectivity index (χ1n) is 4.55. The van der Waals surface area contributed by atoms with Crippen LogP contribution in [0.3, 0.4) is 0 Å². The molecule has 0 aromatic heterocycles. The van der Waals surface area contributed by atoms with E-state index in [0.717, 1.165) is 5.57 Å². The van der Waals surface area contributed by atoms with Crippen LogP contribution in [0.25, 0.3) is 0 Å². The third-order valence-corrected chi connectivity index (χ3v) is 2.36. The van der Waals surface area contributed by atoms with Gasteiger partial charge in [0.2, 0.25) is 0 Å². The quantitative estimate of drug-likeness (QED) is 0.581. The van der Waals surface area contributed by atoms with E-state index in [2.05, 4.69) is 45.5 Å². The lowest BCUT2D eigenvalue weighted by Gasteiger charge is -2.22. The van der Waals surface area contributed by atoms with Crippen LogP contribution in [-0.4, -0.2) is 18.0 Å². The van der Waals surface area contributed by atoms with E-state index in [-0.39, 0.29) is 0 Å². The molecule has 0 saturated heterocycles. The first-order valence-corrected chi connectivity index (χ1v) is 4.55. The molecule has 0 fully saturated rings. The average molecular weight is 167 g/mol. The molecule has 0 spiro atoms. The molecule has 0 N–H and O–H groups in total. The molecule has 1 heteroatoms. The second-order valence-corrected chi connectivity index (χ2v) is 3.52. The molecular formula is C11H21N. The van der Waals surface area contributed by atoms with Crippen molar-refractivity contribution in [3.63, 3.8) is 0 Å². The maximum Gasteiger partial charge on any atom is 0.0250 e. The van der Waals surface area contributed by atoms with E-state index < -0.39 is 0 Å². The molecule has 0 aromatic carbocycles. The summed E-state index contributed by atoms with van der Waals surface area (Å²) in [5.41, 5.74) is 2.41. The highest BCUT2D eigenvalue weighted by atomic mass is 15.1. The summed E-state index contributed by atoms with van der Waals surface area (Å²) < 4.78 is 0. The van der Waals surface area contributed by atoms with Crippen LogP contribution in [-0.2, 0) is 0 Å². The summed E-state index contributed by atoms with van der Waals surface area (Å²) in [5, 5.41) is 0. The van der Waals surface area contributed by atoms with Gasteiger partial charge in [-0.25, -0.2) is 0 Å². The lowest BCUT2D eigenvalue weighted by atomic mass is 10.1. The fourth-order valence-electron chi connectivity index (χ4n) is 0.831. The molecule has 12 heavy (non-hydrogen) atoms. The highest BCUT2D eigenvalue weighted by molar-refractivity contribution is 5.23. The summed E-state index contributed by atoms with van der Waals surface area (Å²) in [5.74, 6) is 0. The van der Waals surface area contributed by atoms with Gasteiger partial charge in [0, 0.05) is 19.3 Å². The molecule has 0 bridgehead atoms. The molecule has 1 unspecified atom stereocenters. The van der Waals surface area contributed by atoms with Crippen LogP contribution in [0.4, 0.5) is 0 Å². The maximum absolute atomic E-state index is 3.90. The van der Waals surface area contributed by atoms with Gasteiger partial charge in [-0.15, -0.1) is 0 Å². The van der Waals surface area contributed by atoms with E-state index >= 15 is 0 Å². The molecule has 0 aliphatic rings. The SMILES string of the molecule is C=C(C)/C(C)=C\N(C)C(C)CC. The van der Waals surface area contributed by atoms with Crippen LogP contribution in [0, 0.1) is 0 Å². The van der Waals surface area contributed by atoms with Gasteiger partial charge in [0.1, 0.15) is 0 Å². The van der Waals surface area contributed by atoms with Crippen LogP contribution in [0.2, 0.25) is 0 Å². The summed E-state index contributed by atoms with van der Waals surface area (Å²) >= 11 is 0. The summed E-state index contributed by atoms with van der Waals surface area (Å²) in [7, 11) is 2.11. The number of nitrogens with zero attached hydrogens (tertiary/aromatic N) is 1. The lowest BCUT2D eigenvalue weighted by molar-refractivity contribution is 0.341. The Morgan fingerprint density at radius 2 is 2.00 bits per heavy atom. The third kappa shape index (κ3) is 3.61. The largest absolute Gasteiger partial charge is 0.378 e. The van der Waals surface area contributed by atoms with Gasteiger partial charge in [0.25, 0.3) is 0 Å². The van der Waals surface area contributed by atoms with E-state index in [1.807, 2.05) is 6.92 Å². The van der Waals surface area contributed by atoms with Crippen molar-refractivity contribution in [1.82, 2.24) is 4.90 Å². The number of allylic oxidation sites excluding steroid dienone is 2. The van der Waals surface area contributed by atoms with Crippen molar-refractivity contribution in [2.24, 2.45) is 0 Å². The maximum atomic E-state index is 3.90. The van der Waals surface area contributed by atoms with Gasteiger partial charge in [-0.1, -0.05) is 19.1 Å². The zero-order valence-electron chi connectivity index (χ0n) is 9.02. The topological polar surface area (TPSA) is 3.24 Å². The molecule has 0 rings (SSSR count). The predicted molar refractivity (Wildman–Crippen MR) is 56.1 cm³/mol. The fraction of sp³-hybridized carbons (Fsp3) is 0.636. The van der Waals surface area contributed by atoms with Crippen LogP contribution in [0.5, 0.6) is 0 Å². The molecule has 0 aromatic rings. The molecule has 1 atom stereocenters. The Morgan fingerprint density at radius 3 is 2.33 bits per heavy atom. The Kier molecular flexibility index (Phi) is 4.72. The van der Waals surface area contributed by atoms with Crippen molar-refractivity contribution in [2.45, 2.75) is 40.2 Å². The molecule has 70 valence electrons. The zero-order valence-corrected chi connectivity index (χ0v) is 9.02. The van der Waals surface area contributed by atoms with Crippen LogP contribution in [0.15, 0.2) is 23.9 Å². The summed E-state index contributed by atoms with van der Waals surface area (Å²) in [6.07, 6.45) is 3.34. The molecule has 0 amide bonds. The molecule has 0 saturated carbocycles. The van der Waals surface area contributed by atoms with Crippen molar-refractivity contribution in [3.8, 4) is 0 Å². The minimum absolute atomic E-state index is 0.610. The van der Waals surface area contributed by atoms with Crippen LogP contribution >= 0.6 is 0 Å². The second-order valence-electron chi connectivity index (χ2n) is 3.52. The summed E-state index contributed by atoms with van der Waals surface area (Å²) in [6, 6.07) is 0.610. The number of rotatable bonds is 4. The summed E-state index contributed by atoms with van der Waals surface area (Å²) in [4.78, 5) is 2.24. The Labute approximate surface area is 76.8 Å². The zero-order chi connectivity index (χ0) is 9.72. The Hall–Kier alpha value is -0.720. The highest BCUT2D eigenvalue weighted by Gasteiger charge is 2.02. The van der Waals surface area contributed by atoms with Gasteiger partial charge in [-0.2, -0.15) is 0 Å². The summed E-state index contributed by atoms with van der Waals surface area (Å²) in [6.45, 7) is 12.5. The van der Waals surface area contributed by atoms with E-state index in [4.69, 9.17) is 0 Å². The minimum Gasteiger partial charge on any atom is -0.378 e. The van der Waals surface area contributed by atoms with Crippen molar-refractivity contribution in [1.29, 1.82) is 0 Å². The first kappa shape index (κ1) is 11.3. The lowest BCUT2D eigenvalue weighted by Crippen LogP contribution is -2.23. The van der Waals surface area contributed by atoms with Gasteiger partial charge < -0.3 is 4.90 Å². The molecule has 0 heterocycles. The monoisotopic (exact) mass is 167 g/mol. The Morgan fingerprint density at radius 1 is 1.50 bits per heavy atom. The molecule has 1 nitrogen and oxygen atoms in total. The Balaban J connectivity index is 4.22. The normalized spacial score (nSPS) is 14.2. The fourth-order valence-corrected chi connectivity index (χ4v) is 0.831. The first-order chi connectivity index (χ1) is 5.49.